The molecule has 2 rings (SSSR count). The molecule has 0 spiro atoms. The Hall–Kier alpha value is -1.15. The Morgan fingerprint density at radius 1 is 1.41 bits per heavy atom. The van der Waals surface area contributed by atoms with Gasteiger partial charge in [0.05, 0.1) is 0 Å². The van der Waals surface area contributed by atoms with Crippen molar-refractivity contribution in [3.63, 3.8) is 0 Å². The summed E-state index contributed by atoms with van der Waals surface area (Å²) >= 11 is 4.57. The molecule has 22 heavy (non-hydrogen) atoms. The molecule has 6 nitrogen and oxygen atoms in total. The molecule has 2 amide bonds. The zero-order valence-corrected chi connectivity index (χ0v) is 15.5. The van der Waals surface area contributed by atoms with Crippen molar-refractivity contribution in [3.05, 3.63) is 15.0 Å². The smallest absolute Gasteiger partial charge is 0.410 e. The largest absolute Gasteiger partial charge is 0.444 e. The van der Waals surface area contributed by atoms with Gasteiger partial charge >= 0.3 is 6.09 Å². The summed E-state index contributed by atoms with van der Waals surface area (Å²) in [6.07, 6.45) is -0.330. The number of amides is 2. The van der Waals surface area contributed by atoms with Gasteiger partial charge in [0, 0.05) is 31.1 Å². The molecule has 1 fully saturated rings. The van der Waals surface area contributed by atoms with Crippen molar-refractivity contribution >= 4 is 39.3 Å². The molecule has 1 aliphatic rings. The highest BCUT2D eigenvalue weighted by Gasteiger charge is 2.33. The maximum absolute atomic E-state index is 12.4. The van der Waals surface area contributed by atoms with Crippen LogP contribution >= 0.6 is 27.3 Å². The van der Waals surface area contributed by atoms with Gasteiger partial charge in [-0.25, -0.2) is 9.78 Å². The Morgan fingerprint density at radius 2 is 2.09 bits per heavy atom. The molecular weight excluding hydrogens is 370 g/mol. The number of aromatic nitrogens is 1. The van der Waals surface area contributed by atoms with E-state index in [4.69, 9.17) is 4.74 Å². The molecule has 0 N–H and O–H groups in total. The number of hydrogen-bond donors (Lipinski definition) is 0. The Balaban J connectivity index is 1.98. The van der Waals surface area contributed by atoms with E-state index in [-0.39, 0.29) is 18.0 Å². The standard InChI is InChI=1S/C14H20BrN3O3S/c1-9-7-17(12(19)11-16-10(15)8-22-11)5-6-18(9)13(20)21-14(2,3)4/h8-9H,5-7H2,1-4H3. The number of thiazole rings is 1. The quantitative estimate of drug-likeness (QED) is 0.740. The van der Waals surface area contributed by atoms with Crippen LogP contribution in [0, 0.1) is 0 Å². The van der Waals surface area contributed by atoms with E-state index in [0.717, 1.165) is 0 Å². The van der Waals surface area contributed by atoms with Crippen LogP contribution in [0.25, 0.3) is 0 Å². The maximum Gasteiger partial charge on any atom is 0.410 e. The third kappa shape index (κ3) is 4.19. The molecule has 2 heterocycles. The van der Waals surface area contributed by atoms with Gasteiger partial charge in [-0.05, 0) is 43.6 Å². The van der Waals surface area contributed by atoms with E-state index in [1.807, 2.05) is 27.7 Å². The van der Waals surface area contributed by atoms with Crippen LogP contribution in [0.1, 0.15) is 37.5 Å². The van der Waals surface area contributed by atoms with Gasteiger partial charge < -0.3 is 14.5 Å². The first-order chi connectivity index (χ1) is 10.2. The van der Waals surface area contributed by atoms with E-state index in [0.29, 0.717) is 29.2 Å². The summed E-state index contributed by atoms with van der Waals surface area (Å²) in [6.45, 7) is 8.88. The minimum atomic E-state index is -0.517. The fraction of sp³-hybridized carbons (Fsp3) is 0.643. The van der Waals surface area contributed by atoms with Crippen molar-refractivity contribution in [1.82, 2.24) is 14.8 Å². The summed E-state index contributed by atoms with van der Waals surface area (Å²) in [5.41, 5.74) is -0.517. The molecule has 122 valence electrons. The number of carbonyl (C=O) groups is 2. The Labute approximate surface area is 142 Å². The maximum atomic E-state index is 12.4. The summed E-state index contributed by atoms with van der Waals surface area (Å²) in [5.74, 6) is -0.0913. The van der Waals surface area contributed by atoms with E-state index in [9.17, 15) is 9.59 Å². The van der Waals surface area contributed by atoms with Gasteiger partial charge in [0.1, 0.15) is 10.2 Å². The minimum Gasteiger partial charge on any atom is -0.444 e. The van der Waals surface area contributed by atoms with Crippen molar-refractivity contribution in [2.24, 2.45) is 0 Å². The zero-order chi connectivity index (χ0) is 16.5. The molecule has 1 aliphatic heterocycles. The first-order valence-electron chi connectivity index (χ1n) is 7.07. The molecule has 1 atom stereocenters. The lowest BCUT2D eigenvalue weighted by atomic mass is 10.2. The van der Waals surface area contributed by atoms with Gasteiger partial charge in [-0.3, -0.25) is 4.79 Å². The minimum absolute atomic E-state index is 0.0871. The highest BCUT2D eigenvalue weighted by Crippen LogP contribution is 2.20. The molecule has 0 bridgehead atoms. The van der Waals surface area contributed by atoms with Crippen LogP contribution < -0.4 is 0 Å². The van der Waals surface area contributed by atoms with E-state index < -0.39 is 5.60 Å². The van der Waals surface area contributed by atoms with Crippen LogP contribution in [-0.2, 0) is 4.74 Å². The van der Waals surface area contributed by atoms with Gasteiger partial charge in [0.15, 0.2) is 5.01 Å². The van der Waals surface area contributed by atoms with E-state index in [2.05, 4.69) is 20.9 Å². The lowest BCUT2D eigenvalue weighted by Crippen LogP contribution is -2.56. The van der Waals surface area contributed by atoms with Gasteiger partial charge in [-0.1, -0.05) is 0 Å². The van der Waals surface area contributed by atoms with Crippen molar-refractivity contribution in [1.29, 1.82) is 0 Å². The van der Waals surface area contributed by atoms with Gasteiger partial charge in [0.2, 0.25) is 0 Å². The lowest BCUT2D eigenvalue weighted by molar-refractivity contribution is 0.00198. The highest BCUT2D eigenvalue weighted by atomic mass is 79.9. The number of hydrogen-bond acceptors (Lipinski definition) is 5. The Kier molecular flexibility index (Phi) is 5.11. The van der Waals surface area contributed by atoms with Crippen LogP contribution in [0.4, 0.5) is 4.79 Å². The zero-order valence-electron chi connectivity index (χ0n) is 13.1. The van der Waals surface area contributed by atoms with Crippen LogP contribution in [0.3, 0.4) is 0 Å². The molecule has 1 unspecified atom stereocenters. The summed E-state index contributed by atoms with van der Waals surface area (Å²) < 4.78 is 6.07. The second-order valence-electron chi connectivity index (χ2n) is 6.25. The molecular formula is C14H20BrN3O3S. The number of halogens is 1. The first-order valence-corrected chi connectivity index (χ1v) is 8.74. The highest BCUT2D eigenvalue weighted by molar-refractivity contribution is 9.10. The molecule has 0 saturated carbocycles. The van der Waals surface area contributed by atoms with Crippen LogP contribution in [0.5, 0.6) is 0 Å². The molecule has 0 aliphatic carbocycles. The molecule has 0 radical (unpaired) electrons. The third-order valence-electron chi connectivity index (χ3n) is 3.20. The Morgan fingerprint density at radius 3 is 2.59 bits per heavy atom. The van der Waals surface area contributed by atoms with Gasteiger partial charge in [-0.2, -0.15) is 0 Å². The molecule has 0 aromatic carbocycles. The molecule has 1 saturated heterocycles. The molecule has 1 aromatic rings. The summed E-state index contributed by atoms with van der Waals surface area (Å²) in [6, 6.07) is -0.0871. The van der Waals surface area contributed by atoms with E-state index in [1.54, 1.807) is 15.2 Å². The predicted molar refractivity (Wildman–Crippen MR) is 88.1 cm³/mol. The summed E-state index contributed by atoms with van der Waals surface area (Å²) in [5, 5.41) is 2.25. The molecule has 8 heteroatoms. The van der Waals surface area contributed by atoms with Crippen LogP contribution in [0.2, 0.25) is 0 Å². The number of piperazine rings is 1. The van der Waals surface area contributed by atoms with Crippen molar-refractivity contribution in [2.75, 3.05) is 19.6 Å². The van der Waals surface area contributed by atoms with Gasteiger partial charge in [0.25, 0.3) is 5.91 Å². The Bertz CT molecular complexity index is 570. The number of carbonyl (C=O) groups excluding carboxylic acids is 2. The molecule has 1 aromatic heterocycles. The SMILES string of the molecule is CC1CN(C(=O)c2nc(Br)cs2)CCN1C(=O)OC(C)(C)C. The number of nitrogens with zero attached hydrogens (tertiary/aromatic N) is 3. The van der Waals surface area contributed by atoms with E-state index >= 15 is 0 Å². The fourth-order valence-electron chi connectivity index (χ4n) is 2.22. The predicted octanol–water partition coefficient (Wildman–Crippen LogP) is 2.99. The second-order valence-corrected chi connectivity index (χ2v) is 7.92. The number of rotatable bonds is 1. The topological polar surface area (TPSA) is 62.7 Å². The lowest BCUT2D eigenvalue weighted by Gasteiger charge is -2.39. The van der Waals surface area contributed by atoms with Crippen LogP contribution in [-0.4, -0.2) is 58.1 Å². The van der Waals surface area contributed by atoms with Crippen molar-refractivity contribution in [2.45, 2.75) is 39.3 Å². The van der Waals surface area contributed by atoms with Crippen molar-refractivity contribution in [3.8, 4) is 0 Å². The second kappa shape index (κ2) is 6.54. The van der Waals surface area contributed by atoms with Gasteiger partial charge in [-0.15, -0.1) is 11.3 Å². The monoisotopic (exact) mass is 389 g/mol. The normalized spacial score (nSPS) is 19.2. The summed E-state index contributed by atoms with van der Waals surface area (Å²) in [4.78, 5) is 32.1. The van der Waals surface area contributed by atoms with Crippen molar-refractivity contribution < 1.29 is 14.3 Å². The average Bonchev–Trinajstić information content (AvgIpc) is 2.82. The fourth-order valence-corrected chi connectivity index (χ4v) is 3.44. The average molecular weight is 390 g/mol. The third-order valence-corrected chi connectivity index (χ3v) is 4.74. The number of ether oxygens (including phenoxy) is 1. The first kappa shape index (κ1) is 17.2. The van der Waals surface area contributed by atoms with Crippen LogP contribution in [0.15, 0.2) is 9.98 Å². The van der Waals surface area contributed by atoms with E-state index in [1.165, 1.54) is 11.3 Å². The summed E-state index contributed by atoms with van der Waals surface area (Å²) in [7, 11) is 0.